The highest BCUT2D eigenvalue weighted by Crippen LogP contribution is 2.23. The monoisotopic (exact) mass is 369 g/mol. The lowest BCUT2D eigenvalue weighted by Gasteiger charge is -2.13. The van der Waals surface area contributed by atoms with Crippen LogP contribution in [0.4, 0.5) is 11.5 Å². The lowest BCUT2D eigenvalue weighted by Crippen LogP contribution is -2.12. The van der Waals surface area contributed by atoms with Crippen molar-refractivity contribution >= 4 is 38.0 Å². The van der Waals surface area contributed by atoms with Crippen molar-refractivity contribution in [3.63, 3.8) is 0 Å². The molecule has 3 aromatic rings. The molecule has 1 unspecified atom stereocenters. The van der Waals surface area contributed by atoms with Gasteiger partial charge in [0.1, 0.15) is 12.1 Å². The second kappa shape index (κ2) is 7.31. The summed E-state index contributed by atoms with van der Waals surface area (Å²) in [5, 5.41) is 13.3. The number of hydrogen-bond acceptors (Lipinski definition) is 5. The average Bonchev–Trinajstić information content (AvgIpc) is 2.59. The molecule has 3 rings (SSSR count). The number of aromatic nitrogens is 2. The van der Waals surface area contributed by atoms with Gasteiger partial charge in [0, 0.05) is 28.6 Å². The van der Waals surface area contributed by atoms with Gasteiger partial charge < -0.3 is 10.6 Å². The predicted molar refractivity (Wildman–Crippen MR) is 110 cm³/mol. The van der Waals surface area contributed by atoms with Gasteiger partial charge in [-0.05, 0) is 55.6 Å². The van der Waals surface area contributed by atoms with E-state index in [1.54, 1.807) is 12.4 Å². The van der Waals surface area contributed by atoms with E-state index < -0.39 is 9.71 Å². The van der Waals surface area contributed by atoms with Gasteiger partial charge in [-0.25, -0.2) is 14.2 Å². The van der Waals surface area contributed by atoms with Crippen molar-refractivity contribution in [2.75, 3.05) is 10.6 Å². The third-order valence-corrected chi connectivity index (χ3v) is 4.91. The first-order valence-corrected chi connectivity index (χ1v) is 10.1. The maximum Gasteiger partial charge on any atom is 0.137 e. The zero-order valence-corrected chi connectivity index (χ0v) is 15.7. The molecule has 0 radical (unpaired) electrons. The molecular formula is C19H23N5OS. The van der Waals surface area contributed by atoms with Gasteiger partial charge in [-0.2, -0.15) is 0 Å². The van der Waals surface area contributed by atoms with E-state index in [-0.39, 0.29) is 0 Å². The Kier molecular flexibility index (Phi) is 5.11. The first-order chi connectivity index (χ1) is 12.3. The summed E-state index contributed by atoms with van der Waals surface area (Å²) >= 11 is 0. The quantitative estimate of drug-likeness (QED) is 0.581. The minimum atomic E-state index is -2.70. The van der Waals surface area contributed by atoms with Gasteiger partial charge in [0.2, 0.25) is 0 Å². The minimum absolute atomic E-state index is 0.295. The molecule has 0 bridgehead atoms. The van der Waals surface area contributed by atoms with Crippen LogP contribution in [0.25, 0.3) is 10.9 Å². The number of nitrogens with one attached hydrogen (secondary N) is 2. The van der Waals surface area contributed by atoms with E-state index in [1.165, 1.54) is 0 Å². The molecule has 0 aliphatic carbocycles. The largest absolute Gasteiger partial charge is 0.381 e. The summed E-state index contributed by atoms with van der Waals surface area (Å²) in [5.74, 6) is 4.36. The van der Waals surface area contributed by atoms with Gasteiger partial charge >= 0.3 is 0 Å². The van der Waals surface area contributed by atoms with Crippen molar-refractivity contribution in [1.82, 2.24) is 9.97 Å². The Balaban J connectivity index is 1.80. The number of hydrogen-bond donors (Lipinski definition) is 3. The smallest absolute Gasteiger partial charge is 0.137 e. The highest BCUT2D eigenvalue weighted by molar-refractivity contribution is 7.98. The van der Waals surface area contributed by atoms with Crippen LogP contribution < -0.4 is 15.8 Å². The number of anilines is 2. The van der Waals surface area contributed by atoms with E-state index in [0.717, 1.165) is 28.0 Å². The van der Waals surface area contributed by atoms with Crippen LogP contribution >= 0.6 is 0 Å². The highest BCUT2D eigenvalue weighted by atomic mass is 32.2. The fourth-order valence-corrected chi connectivity index (χ4v) is 3.29. The van der Waals surface area contributed by atoms with Gasteiger partial charge in [-0.1, -0.05) is 12.1 Å². The molecular weight excluding hydrogens is 346 g/mol. The van der Waals surface area contributed by atoms with Crippen LogP contribution in [0.15, 0.2) is 53.7 Å². The molecule has 0 aliphatic rings. The number of nitrogens with two attached hydrogens (primary N) is 1. The average molecular weight is 369 g/mol. The van der Waals surface area contributed by atoms with Gasteiger partial charge in [0.25, 0.3) is 0 Å². The fraction of sp³-hybridized carbons (Fsp3) is 0.211. The molecule has 0 spiro atoms. The summed E-state index contributed by atoms with van der Waals surface area (Å²) in [7, 11) is -2.70. The maximum absolute atomic E-state index is 11.9. The standard InChI is InChI=1S/C19H23N5OS/c1-13(2)24-19-17-8-7-15(10-18(17)22-12-23-19)21-11-14-5-4-6-16(9-14)26(3,20)25/h4-10,12-13,21H,3,11H2,1-2H3,(H2,20,25)(H,22,23,24). The molecule has 26 heavy (non-hydrogen) atoms. The zero-order valence-electron chi connectivity index (χ0n) is 14.9. The summed E-state index contributed by atoms with van der Waals surface area (Å²) in [6.07, 6.45) is 1.56. The molecule has 7 heteroatoms. The molecule has 6 nitrogen and oxygen atoms in total. The molecule has 1 atom stereocenters. The summed E-state index contributed by atoms with van der Waals surface area (Å²) in [6, 6.07) is 13.6. The van der Waals surface area contributed by atoms with Crippen molar-refractivity contribution in [2.24, 2.45) is 5.14 Å². The van der Waals surface area contributed by atoms with Crippen molar-refractivity contribution in [3.05, 3.63) is 54.4 Å². The van der Waals surface area contributed by atoms with E-state index in [9.17, 15) is 4.21 Å². The highest BCUT2D eigenvalue weighted by Gasteiger charge is 2.06. The lowest BCUT2D eigenvalue weighted by atomic mass is 10.2. The Labute approximate surface area is 154 Å². The topological polar surface area (TPSA) is 92.9 Å². The van der Waals surface area contributed by atoms with Crippen LogP contribution in [0.3, 0.4) is 0 Å². The van der Waals surface area contributed by atoms with Crippen LogP contribution in [-0.4, -0.2) is 26.1 Å². The third kappa shape index (κ3) is 4.30. The summed E-state index contributed by atoms with van der Waals surface area (Å²) in [4.78, 5) is 9.22. The second-order valence-electron chi connectivity index (χ2n) is 6.48. The Morgan fingerprint density at radius 2 is 2.00 bits per heavy atom. The number of benzene rings is 2. The van der Waals surface area contributed by atoms with Gasteiger partial charge in [-0.15, -0.1) is 0 Å². The van der Waals surface area contributed by atoms with E-state index in [2.05, 4.69) is 40.3 Å². The van der Waals surface area contributed by atoms with E-state index in [1.807, 2.05) is 36.4 Å². The number of rotatable bonds is 6. The zero-order chi connectivity index (χ0) is 18.7. The minimum Gasteiger partial charge on any atom is -0.381 e. The van der Waals surface area contributed by atoms with Crippen molar-refractivity contribution in [1.29, 1.82) is 0 Å². The first-order valence-electron chi connectivity index (χ1n) is 8.32. The van der Waals surface area contributed by atoms with Crippen molar-refractivity contribution in [2.45, 2.75) is 31.3 Å². The Hall–Kier alpha value is -2.64. The molecule has 0 aliphatic heterocycles. The maximum atomic E-state index is 11.9. The number of fused-ring (bicyclic) bond motifs is 1. The van der Waals surface area contributed by atoms with Crippen LogP contribution in [0.5, 0.6) is 0 Å². The Morgan fingerprint density at radius 1 is 1.19 bits per heavy atom. The summed E-state index contributed by atoms with van der Waals surface area (Å²) in [6.45, 7) is 4.73. The van der Waals surface area contributed by atoms with Crippen molar-refractivity contribution < 1.29 is 4.21 Å². The first kappa shape index (κ1) is 18.2. The molecule has 1 aromatic heterocycles. The summed E-state index contributed by atoms with van der Waals surface area (Å²) in [5.41, 5.74) is 2.79. The van der Waals surface area contributed by atoms with E-state index in [4.69, 9.17) is 5.14 Å². The van der Waals surface area contributed by atoms with Gasteiger partial charge in [0.05, 0.1) is 15.2 Å². The second-order valence-corrected chi connectivity index (χ2v) is 8.40. The molecule has 136 valence electrons. The molecule has 0 amide bonds. The fourth-order valence-electron chi connectivity index (χ4n) is 2.63. The molecule has 1 heterocycles. The normalized spacial score (nSPS) is 13.5. The van der Waals surface area contributed by atoms with Crippen LogP contribution in [0.2, 0.25) is 0 Å². The predicted octanol–water partition coefficient (Wildman–Crippen LogP) is 3.01. The SMILES string of the molecule is C=S(N)(=O)c1cccc(CNc2ccc3c(NC(C)C)ncnc3c2)c1. The molecule has 0 fully saturated rings. The lowest BCUT2D eigenvalue weighted by molar-refractivity contribution is 0.682. The van der Waals surface area contributed by atoms with Crippen LogP contribution in [-0.2, 0) is 16.3 Å². The molecule has 4 N–H and O–H groups in total. The van der Waals surface area contributed by atoms with Crippen molar-refractivity contribution in [3.8, 4) is 0 Å². The van der Waals surface area contributed by atoms with E-state index >= 15 is 0 Å². The van der Waals surface area contributed by atoms with E-state index in [0.29, 0.717) is 17.5 Å². The molecule has 2 aromatic carbocycles. The molecule has 0 saturated heterocycles. The number of nitrogens with zero attached hydrogens (tertiary/aromatic N) is 2. The summed E-state index contributed by atoms with van der Waals surface area (Å²) < 4.78 is 11.9. The Morgan fingerprint density at radius 3 is 2.73 bits per heavy atom. The third-order valence-electron chi connectivity index (χ3n) is 3.86. The van der Waals surface area contributed by atoms with Gasteiger partial charge in [-0.3, -0.25) is 5.14 Å². The van der Waals surface area contributed by atoms with Crippen LogP contribution in [0, 0.1) is 0 Å². The Bertz CT molecular complexity index is 1030. The van der Waals surface area contributed by atoms with Crippen LogP contribution in [0.1, 0.15) is 19.4 Å². The van der Waals surface area contributed by atoms with Gasteiger partial charge in [0.15, 0.2) is 0 Å². The molecule has 0 saturated carbocycles.